The average molecular weight is 769 g/mol. The molecule has 0 spiro atoms. The minimum atomic E-state index is -0.143. The molecule has 0 fully saturated rings. The van der Waals surface area contributed by atoms with Crippen LogP contribution in [-0.2, 0) is 5.41 Å². The summed E-state index contributed by atoms with van der Waals surface area (Å²) in [6.45, 7) is 4.71. The maximum atomic E-state index is 6.49. The van der Waals surface area contributed by atoms with Crippen LogP contribution < -0.4 is 4.90 Å². The number of furan rings is 1. The van der Waals surface area contributed by atoms with Gasteiger partial charge in [-0.1, -0.05) is 147 Å². The maximum absolute atomic E-state index is 6.49. The van der Waals surface area contributed by atoms with E-state index in [1.54, 1.807) is 0 Å². The molecule has 11 aromatic rings. The van der Waals surface area contributed by atoms with Gasteiger partial charge in [0.1, 0.15) is 11.2 Å². The Morgan fingerprint density at radius 2 is 1.03 bits per heavy atom. The Morgan fingerprint density at radius 3 is 1.85 bits per heavy atom. The van der Waals surface area contributed by atoms with Crippen molar-refractivity contribution in [1.82, 2.24) is 4.57 Å². The highest BCUT2D eigenvalue weighted by Gasteiger charge is 2.37. The fourth-order valence-electron chi connectivity index (χ4n) is 9.90. The average Bonchev–Trinajstić information content (AvgIpc) is 3.92. The first kappa shape index (κ1) is 34.4. The van der Waals surface area contributed by atoms with Crippen molar-refractivity contribution in [1.29, 1.82) is 0 Å². The van der Waals surface area contributed by atoms with Crippen molar-refractivity contribution in [3.63, 3.8) is 0 Å². The first-order valence-electron chi connectivity index (χ1n) is 20.8. The molecular formula is C57H40N2O. The van der Waals surface area contributed by atoms with Gasteiger partial charge in [0.2, 0.25) is 0 Å². The van der Waals surface area contributed by atoms with Crippen LogP contribution in [0.4, 0.5) is 17.1 Å². The summed E-state index contributed by atoms with van der Waals surface area (Å²) in [5.41, 5.74) is 18.5. The lowest BCUT2D eigenvalue weighted by Gasteiger charge is -2.27. The summed E-state index contributed by atoms with van der Waals surface area (Å²) in [6.07, 6.45) is 0. The topological polar surface area (TPSA) is 21.3 Å². The number of para-hydroxylation sites is 2. The molecule has 2 heterocycles. The molecule has 3 heteroatoms. The van der Waals surface area contributed by atoms with Gasteiger partial charge in [0.25, 0.3) is 0 Å². The van der Waals surface area contributed by atoms with Gasteiger partial charge in [-0.3, -0.25) is 0 Å². The van der Waals surface area contributed by atoms with E-state index in [4.69, 9.17) is 4.42 Å². The Labute approximate surface area is 349 Å². The van der Waals surface area contributed by atoms with Crippen LogP contribution in [-0.4, -0.2) is 4.57 Å². The molecule has 1 aliphatic rings. The zero-order valence-corrected chi connectivity index (χ0v) is 33.4. The van der Waals surface area contributed by atoms with Crippen molar-refractivity contribution in [2.45, 2.75) is 19.3 Å². The summed E-state index contributed by atoms with van der Waals surface area (Å²) in [7, 11) is 0. The molecule has 0 amide bonds. The Balaban J connectivity index is 1.04. The Morgan fingerprint density at radius 1 is 0.400 bits per heavy atom. The molecule has 1 aliphatic carbocycles. The van der Waals surface area contributed by atoms with E-state index < -0.39 is 0 Å². The molecule has 0 saturated heterocycles. The molecule has 0 N–H and O–H groups in total. The fraction of sp³-hybridized carbons (Fsp3) is 0.0526. The third-order valence-electron chi connectivity index (χ3n) is 12.8. The van der Waals surface area contributed by atoms with E-state index in [0.29, 0.717) is 0 Å². The van der Waals surface area contributed by atoms with Crippen molar-refractivity contribution >= 4 is 60.8 Å². The second-order valence-corrected chi connectivity index (χ2v) is 16.5. The first-order chi connectivity index (χ1) is 29.5. The van der Waals surface area contributed by atoms with E-state index in [-0.39, 0.29) is 5.41 Å². The first-order valence-corrected chi connectivity index (χ1v) is 20.8. The molecule has 284 valence electrons. The van der Waals surface area contributed by atoms with Crippen LogP contribution in [0.2, 0.25) is 0 Å². The van der Waals surface area contributed by atoms with Gasteiger partial charge in [-0.15, -0.1) is 0 Å². The molecule has 0 bridgehead atoms. The molecule has 3 nitrogen and oxygen atoms in total. The molecule has 2 aromatic heterocycles. The lowest BCUT2D eigenvalue weighted by atomic mass is 9.82. The van der Waals surface area contributed by atoms with Gasteiger partial charge in [0.05, 0.1) is 11.0 Å². The van der Waals surface area contributed by atoms with Crippen molar-refractivity contribution in [2.75, 3.05) is 4.90 Å². The number of hydrogen-bond donors (Lipinski definition) is 0. The molecule has 0 aliphatic heterocycles. The summed E-state index contributed by atoms with van der Waals surface area (Å²) in [6, 6.07) is 74.9. The largest absolute Gasteiger partial charge is 0.456 e. The summed E-state index contributed by atoms with van der Waals surface area (Å²) in [5.74, 6) is 0. The smallest absolute Gasteiger partial charge is 0.137 e. The SMILES string of the molecule is CC1(C)c2ccc(N(c3ccc(-n4c5ccccc5c5ccc(-c6ccccc6)cc54)cc3)c3ccc4c(c3)oc3ccccc34)cc2-c2c(-c3ccccc3)cccc21. The minimum absolute atomic E-state index is 0.143. The second kappa shape index (κ2) is 13.2. The molecule has 9 aromatic carbocycles. The van der Waals surface area contributed by atoms with Gasteiger partial charge in [-0.05, 0) is 111 Å². The minimum Gasteiger partial charge on any atom is -0.456 e. The number of rotatable bonds is 6. The van der Waals surface area contributed by atoms with Gasteiger partial charge in [-0.2, -0.15) is 0 Å². The molecule has 0 atom stereocenters. The number of benzene rings is 9. The molecule has 12 rings (SSSR count). The quantitative estimate of drug-likeness (QED) is 0.168. The number of aromatic nitrogens is 1. The Hall–Kier alpha value is -7.62. The van der Waals surface area contributed by atoms with Crippen molar-refractivity contribution in [2.24, 2.45) is 0 Å². The summed E-state index contributed by atoms with van der Waals surface area (Å²) in [4.78, 5) is 2.38. The third-order valence-corrected chi connectivity index (χ3v) is 12.8. The van der Waals surface area contributed by atoms with Crippen LogP contribution in [0.1, 0.15) is 25.0 Å². The van der Waals surface area contributed by atoms with E-state index in [9.17, 15) is 0 Å². The van der Waals surface area contributed by atoms with Gasteiger partial charge < -0.3 is 13.9 Å². The molecule has 0 unspecified atom stereocenters. The molecular weight excluding hydrogens is 729 g/mol. The highest BCUT2D eigenvalue weighted by molar-refractivity contribution is 6.10. The normalized spacial score (nSPS) is 13.0. The summed E-state index contributed by atoms with van der Waals surface area (Å²) in [5, 5.41) is 4.73. The zero-order valence-electron chi connectivity index (χ0n) is 33.4. The number of anilines is 3. The Bertz CT molecular complexity index is 3450. The zero-order chi connectivity index (χ0) is 40.0. The van der Waals surface area contributed by atoms with Crippen molar-refractivity contribution in [3.05, 3.63) is 217 Å². The van der Waals surface area contributed by atoms with Gasteiger partial charge in [0.15, 0.2) is 0 Å². The van der Waals surface area contributed by atoms with Crippen molar-refractivity contribution < 1.29 is 4.42 Å². The van der Waals surface area contributed by atoms with Crippen LogP contribution in [0, 0.1) is 0 Å². The number of hydrogen-bond acceptors (Lipinski definition) is 2. The lowest BCUT2D eigenvalue weighted by molar-refractivity contribution is 0.660. The maximum Gasteiger partial charge on any atom is 0.137 e. The van der Waals surface area contributed by atoms with Crippen LogP contribution in [0.25, 0.3) is 82.8 Å². The molecule has 0 saturated carbocycles. The lowest BCUT2D eigenvalue weighted by Crippen LogP contribution is -2.15. The van der Waals surface area contributed by atoms with Crippen molar-refractivity contribution in [3.8, 4) is 39.1 Å². The van der Waals surface area contributed by atoms with E-state index in [1.165, 1.54) is 66.3 Å². The highest BCUT2D eigenvalue weighted by Crippen LogP contribution is 2.54. The second-order valence-electron chi connectivity index (χ2n) is 16.5. The predicted molar refractivity (Wildman–Crippen MR) is 251 cm³/mol. The van der Waals surface area contributed by atoms with Gasteiger partial charge in [-0.25, -0.2) is 0 Å². The van der Waals surface area contributed by atoms with E-state index in [0.717, 1.165) is 44.7 Å². The molecule has 0 radical (unpaired) electrons. The fourth-order valence-corrected chi connectivity index (χ4v) is 9.90. The highest BCUT2D eigenvalue weighted by atomic mass is 16.3. The van der Waals surface area contributed by atoms with Crippen LogP contribution in [0.3, 0.4) is 0 Å². The number of nitrogens with zero attached hydrogens (tertiary/aromatic N) is 2. The number of fused-ring (bicyclic) bond motifs is 9. The monoisotopic (exact) mass is 768 g/mol. The molecule has 60 heavy (non-hydrogen) atoms. The van der Waals surface area contributed by atoms with E-state index in [1.807, 2.05) is 12.1 Å². The van der Waals surface area contributed by atoms with Gasteiger partial charge in [0, 0.05) is 55.8 Å². The van der Waals surface area contributed by atoms with E-state index >= 15 is 0 Å². The van der Waals surface area contributed by atoms with Crippen LogP contribution in [0.15, 0.2) is 211 Å². The third kappa shape index (κ3) is 5.22. The van der Waals surface area contributed by atoms with Crippen LogP contribution in [0.5, 0.6) is 0 Å². The standard InChI is InChI=1S/C57H40N2O/c1-57(2)50-33-30-42(35-49(50)56-44(20-13-21-51(56)57)38-16-7-4-8-17-38)58(43-29-32-48-47-19-10-12-23-54(47)60-55(48)36-43)40-25-27-41(28-26-40)59-52-22-11-9-18-45(52)46-31-24-39(34-53(46)59)37-14-5-3-6-15-37/h3-36H,1-2H3. The van der Waals surface area contributed by atoms with E-state index in [2.05, 4.69) is 217 Å². The predicted octanol–water partition coefficient (Wildman–Crippen LogP) is 15.8. The van der Waals surface area contributed by atoms with Gasteiger partial charge >= 0.3 is 0 Å². The Kier molecular flexibility index (Phi) is 7.58. The summed E-state index contributed by atoms with van der Waals surface area (Å²) < 4.78 is 8.90. The summed E-state index contributed by atoms with van der Waals surface area (Å²) >= 11 is 0. The van der Waals surface area contributed by atoms with Crippen LogP contribution >= 0.6 is 0 Å².